The summed E-state index contributed by atoms with van der Waals surface area (Å²) in [6, 6.07) is 17.2. The van der Waals surface area contributed by atoms with Crippen LogP contribution >= 0.6 is 0 Å². The highest BCUT2D eigenvalue weighted by Gasteiger charge is 2.24. The number of nitrogens with one attached hydrogen (secondary N) is 2. The first-order valence-electron chi connectivity index (χ1n) is 14.2. The van der Waals surface area contributed by atoms with Crippen molar-refractivity contribution in [1.82, 2.24) is 15.5 Å². The normalized spacial score (nSPS) is 12.4. The number of aliphatic hydroxyl groups excluding tert-OH is 1. The van der Waals surface area contributed by atoms with Crippen LogP contribution in [0.2, 0.25) is 0 Å². The summed E-state index contributed by atoms with van der Waals surface area (Å²) in [5, 5.41) is 25.0. The first-order valence-corrected chi connectivity index (χ1v) is 14.2. The van der Waals surface area contributed by atoms with Gasteiger partial charge in [0.15, 0.2) is 0 Å². The standard InChI is InChI=1S/C31H43N3O9/c1-31(2,3)43-29(39)33-26(27(36)37)16-10-11-19-34(30(40)42-22-24-14-8-5-9-15-24)20-25(35)17-18-32-28(38)41-21-23-12-6-4-7-13-23/h4-9,12-15,25-26,35H,10-11,16-22H2,1-3H3,(H,32,38)(H,33,39)(H,36,37)/t25-,26-/m0/s1. The molecule has 0 saturated heterocycles. The van der Waals surface area contributed by atoms with E-state index in [1.165, 1.54) is 4.90 Å². The number of carboxylic acid groups (broad SMARTS) is 1. The summed E-state index contributed by atoms with van der Waals surface area (Å²) in [5.41, 5.74) is 0.872. The molecule has 2 rings (SSSR count). The highest BCUT2D eigenvalue weighted by Crippen LogP contribution is 2.11. The fraction of sp³-hybridized carbons (Fsp3) is 0.484. The first kappa shape index (κ1) is 34.9. The second-order valence-corrected chi connectivity index (χ2v) is 11.0. The average Bonchev–Trinajstić information content (AvgIpc) is 2.95. The maximum absolute atomic E-state index is 12.9. The topological polar surface area (TPSA) is 164 Å². The lowest BCUT2D eigenvalue weighted by Gasteiger charge is -2.25. The molecule has 0 aliphatic carbocycles. The Hall–Kier alpha value is -4.32. The van der Waals surface area contributed by atoms with E-state index < -0.39 is 42.0 Å². The van der Waals surface area contributed by atoms with Crippen LogP contribution in [0.25, 0.3) is 0 Å². The molecule has 0 saturated carbocycles. The summed E-state index contributed by atoms with van der Waals surface area (Å²) >= 11 is 0. The van der Waals surface area contributed by atoms with Gasteiger partial charge in [-0.05, 0) is 57.6 Å². The predicted molar refractivity (Wildman–Crippen MR) is 158 cm³/mol. The Bertz CT molecular complexity index is 1140. The summed E-state index contributed by atoms with van der Waals surface area (Å²) < 4.78 is 15.7. The van der Waals surface area contributed by atoms with Gasteiger partial charge in [0, 0.05) is 19.6 Å². The number of alkyl carbamates (subject to hydrolysis) is 2. The van der Waals surface area contributed by atoms with Crippen LogP contribution in [0, 0.1) is 0 Å². The van der Waals surface area contributed by atoms with Gasteiger partial charge in [-0.1, -0.05) is 60.7 Å². The Labute approximate surface area is 252 Å². The number of aliphatic carboxylic acids is 1. The number of hydrogen-bond donors (Lipinski definition) is 4. The molecule has 3 amide bonds. The van der Waals surface area contributed by atoms with Crippen molar-refractivity contribution in [2.45, 2.75) is 77.4 Å². The largest absolute Gasteiger partial charge is 0.480 e. The molecule has 2 aromatic rings. The number of hydrogen-bond acceptors (Lipinski definition) is 8. The zero-order valence-corrected chi connectivity index (χ0v) is 25.0. The Kier molecular flexibility index (Phi) is 14.8. The number of nitrogens with zero attached hydrogens (tertiary/aromatic N) is 1. The van der Waals surface area contributed by atoms with Crippen LogP contribution in [0.4, 0.5) is 14.4 Å². The zero-order valence-electron chi connectivity index (χ0n) is 25.0. The summed E-state index contributed by atoms with van der Waals surface area (Å²) in [7, 11) is 0. The van der Waals surface area contributed by atoms with E-state index in [-0.39, 0.29) is 45.7 Å². The number of amides is 3. The van der Waals surface area contributed by atoms with Crippen molar-refractivity contribution in [2.24, 2.45) is 0 Å². The third-order valence-corrected chi connectivity index (χ3v) is 6.01. The Morgan fingerprint density at radius 3 is 1.98 bits per heavy atom. The van der Waals surface area contributed by atoms with Crippen LogP contribution in [-0.2, 0) is 32.2 Å². The summed E-state index contributed by atoms with van der Waals surface area (Å²) in [6.07, 6.45) is -2.05. The van der Waals surface area contributed by atoms with Gasteiger partial charge in [0.25, 0.3) is 0 Å². The van der Waals surface area contributed by atoms with E-state index in [1.807, 2.05) is 60.7 Å². The monoisotopic (exact) mass is 601 g/mol. The predicted octanol–water partition coefficient (Wildman–Crippen LogP) is 4.45. The molecular formula is C31H43N3O9. The quantitative estimate of drug-likeness (QED) is 0.161. The van der Waals surface area contributed by atoms with Crippen LogP contribution < -0.4 is 10.6 Å². The Morgan fingerprint density at radius 1 is 0.837 bits per heavy atom. The van der Waals surface area contributed by atoms with E-state index >= 15 is 0 Å². The smallest absolute Gasteiger partial charge is 0.410 e. The molecule has 2 atom stereocenters. The number of ether oxygens (including phenoxy) is 3. The molecule has 2 aromatic carbocycles. The Morgan fingerprint density at radius 2 is 1.42 bits per heavy atom. The third-order valence-electron chi connectivity index (χ3n) is 6.01. The van der Waals surface area contributed by atoms with Crippen molar-refractivity contribution in [3.05, 3.63) is 71.8 Å². The highest BCUT2D eigenvalue weighted by atomic mass is 16.6. The van der Waals surface area contributed by atoms with E-state index in [1.54, 1.807) is 20.8 Å². The minimum absolute atomic E-state index is 0.0436. The van der Waals surface area contributed by atoms with Crippen LogP contribution in [0.3, 0.4) is 0 Å². The summed E-state index contributed by atoms with van der Waals surface area (Å²) in [6.45, 7) is 5.43. The zero-order chi connectivity index (χ0) is 31.7. The number of carbonyl (C=O) groups is 4. The molecule has 0 aromatic heterocycles. The molecule has 0 unspecified atom stereocenters. The molecule has 0 heterocycles. The SMILES string of the molecule is CC(C)(C)OC(=O)N[C@@H](CCCCN(C[C@@H](O)CCNC(=O)OCc1ccccc1)C(=O)OCc1ccccc1)C(=O)O. The Balaban J connectivity index is 1.85. The lowest BCUT2D eigenvalue weighted by Crippen LogP contribution is -2.43. The highest BCUT2D eigenvalue weighted by molar-refractivity contribution is 5.80. The van der Waals surface area contributed by atoms with Gasteiger partial charge in [0.1, 0.15) is 24.9 Å². The first-order chi connectivity index (χ1) is 20.4. The lowest BCUT2D eigenvalue weighted by molar-refractivity contribution is -0.139. The minimum Gasteiger partial charge on any atom is -0.480 e. The van der Waals surface area contributed by atoms with Crippen molar-refractivity contribution >= 4 is 24.2 Å². The van der Waals surface area contributed by atoms with Gasteiger partial charge >= 0.3 is 24.2 Å². The summed E-state index contributed by atoms with van der Waals surface area (Å²) in [4.78, 5) is 49.9. The molecule has 236 valence electrons. The molecule has 0 bridgehead atoms. The number of benzene rings is 2. The van der Waals surface area contributed by atoms with Crippen LogP contribution in [0.5, 0.6) is 0 Å². The maximum atomic E-state index is 12.9. The van der Waals surface area contributed by atoms with Gasteiger partial charge in [-0.15, -0.1) is 0 Å². The average molecular weight is 602 g/mol. The van der Waals surface area contributed by atoms with Gasteiger partial charge < -0.3 is 40.0 Å². The second kappa shape index (κ2) is 18.3. The van der Waals surface area contributed by atoms with Crippen LogP contribution in [0.15, 0.2) is 60.7 Å². The molecular weight excluding hydrogens is 558 g/mol. The van der Waals surface area contributed by atoms with Crippen molar-refractivity contribution in [3.63, 3.8) is 0 Å². The van der Waals surface area contributed by atoms with Crippen LogP contribution in [0.1, 0.15) is 57.6 Å². The number of aliphatic hydroxyl groups is 1. The molecule has 4 N–H and O–H groups in total. The fourth-order valence-electron chi connectivity index (χ4n) is 3.89. The van der Waals surface area contributed by atoms with Gasteiger partial charge in [-0.3, -0.25) is 0 Å². The molecule has 12 heteroatoms. The lowest BCUT2D eigenvalue weighted by atomic mass is 10.1. The van der Waals surface area contributed by atoms with Gasteiger partial charge in [0.2, 0.25) is 0 Å². The second-order valence-electron chi connectivity index (χ2n) is 11.0. The van der Waals surface area contributed by atoms with Gasteiger partial charge in [-0.25, -0.2) is 19.2 Å². The number of carbonyl (C=O) groups excluding carboxylic acids is 3. The molecule has 0 spiro atoms. The van der Waals surface area contributed by atoms with Crippen LogP contribution in [-0.4, -0.2) is 76.7 Å². The van der Waals surface area contributed by atoms with E-state index in [0.29, 0.717) is 12.8 Å². The molecule has 0 radical (unpaired) electrons. The molecule has 0 aliphatic rings. The number of rotatable bonds is 16. The van der Waals surface area contributed by atoms with Crippen molar-refractivity contribution in [3.8, 4) is 0 Å². The van der Waals surface area contributed by atoms with E-state index in [9.17, 15) is 29.4 Å². The number of unbranched alkanes of at least 4 members (excludes halogenated alkanes) is 1. The van der Waals surface area contributed by atoms with E-state index in [2.05, 4.69) is 10.6 Å². The fourth-order valence-corrected chi connectivity index (χ4v) is 3.89. The van der Waals surface area contributed by atoms with Crippen molar-refractivity contribution in [1.29, 1.82) is 0 Å². The van der Waals surface area contributed by atoms with Gasteiger partial charge in [0.05, 0.1) is 6.10 Å². The third kappa shape index (κ3) is 15.5. The molecule has 43 heavy (non-hydrogen) atoms. The maximum Gasteiger partial charge on any atom is 0.410 e. The van der Waals surface area contributed by atoms with Crippen molar-refractivity contribution in [2.75, 3.05) is 19.6 Å². The molecule has 0 aliphatic heterocycles. The molecule has 12 nitrogen and oxygen atoms in total. The van der Waals surface area contributed by atoms with E-state index in [0.717, 1.165) is 11.1 Å². The van der Waals surface area contributed by atoms with Gasteiger partial charge in [-0.2, -0.15) is 0 Å². The van der Waals surface area contributed by atoms with E-state index in [4.69, 9.17) is 14.2 Å². The number of carboxylic acids is 1. The summed E-state index contributed by atoms with van der Waals surface area (Å²) in [5.74, 6) is -1.20. The molecule has 0 fully saturated rings. The minimum atomic E-state index is -1.20. The van der Waals surface area contributed by atoms with Crippen molar-refractivity contribution < 1.29 is 43.6 Å².